The molecule has 78 valence electrons. The first-order chi connectivity index (χ1) is 6.65. The lowest BCUT2D eigenvalue weighted by molar-refractivity contribution is 0.477. The highest BCUT2D eigenvalue weighted by Gasteiger charge is 2.02. The summed E-state index contributed by atoms with van der Waals surface area (Å²) in [6.07, 6.45) is 1.05. The van der Waals surface area contributed by atoms with Gasteiger partial charge in [-0.1, -0.05) is 6.92 Å². The Balaban J connectivity index is 2.79. The normalized spacial score (nSPS) is 9.93. The second-order valence-corrected chi connectivity index (χ2v) is 3.52. The van der Waals surface area contributed by atoms with E-state index in [0.29, 0.717) is 5.75 Å². The lowest BCUT2D eigenvalue weighted by Gasteiger charge is -2.14. The Morgan fingerprint density at radius 1 is 1.36 bits per heavy atom. The molecule has 2 N–H and O–H groups in total. The lowest BCUT2D eigenvalue weighted by atomic mass is 10.2. The predicted molar refractivity (Wildman–Crippen MR) is 61.2 cm³/mol. The van der Waals surface area contributed by atoms with E-state index in [1.165, 1.54) is 0 Å². The van der Waals surface area contributed by atoms with Crippen LogP contribution >= 0.6 is 0 Å². The second-order valence-electron chi connectivity index (χ2n) is 3.52. The van der Waals surface area contributed by atoms with Gasteiger partial charge in [-0.3, -0.25) is 0 Å². The number of hydrogen-bond acceptors (Lipinski definition) is 3. The van der Waals surface area contributed by atoms with E-state index in [1.54, 1.807) is 6.07 Å². The third kappa shape index (κ3) is 2.55. The maximum Gasteiger partial charge on any atom is 0.140 e. The minimum atomic E-state index is 0.310. The summed E-state index contributed by atoms with van der Waals surface area (Å²) < 4.78 is 0. The number of nitrogens with zero attached hydrogens (tertiary/aromatic N) is 1. The summed E-state index contributed by atoms with van der Waals surface area (Å²) >= 11 is 0. The van der Waals surface area contributed by atoms with E-state index in [9.17, 15) is 5.11 Å². The molecule has 3 nitrogen and oxygen atoms in total. The van der Waals surface area contributed by atoms with E-state index in [0.717, 1.165) is 24.3 Å². The average molecular weight is 194 g/mol. The predicted octanol–water partition coefficient (Wildman–Crippen LogP) is 2.28. The Kier molecular flexibility index (Phi) is 3.63. The van der Waals surface area contributed by atoms with Crippen LogP contribution in [0.1, 0.15) is 13.3 Å². The van der Waals surface area contributed by atoms with Gasteiger partial charge in [0.05, 0.1) is 5.69 Å². The number of anilines is 2. The van der Waals surface area contributed by atoms with Crippen molar-refractivity contribution in [2.24, 2.45) is 0 Å². The highest BCUT2D eigenvalue weighted by molar-refractivity contribution is 5.63. The minimum Gasteiger partial charge on any atom is -0.506 e. The molecule has 0 unspecified atom stereocenters. The fraction of sp³-hybridized carbons (Fsp3) is 0.455. The molecule has 0 saturated heterocycles. The van der Waals surface area contributed by atoms with Crippen LogP contribution in [0.25, 0.3) is 0 Å². The van der Waals surface area contributed by atoms with Gasteiger partial charge >= 0.3 is 0 Å². The van der Waals surface area contributed by atoms with Gasteiger partial charge in [-0.2, -0.15) is 0 Å². The zero-order chi connectivity index (χ0) is 10.6. The molecule has 0 aromatic heterocycles. The minimum absolute atomic E-state index is 0.310. The highest BCUT2D eigenvalue weighted by atomic mass is 16.3. The molecule has 14 heavy (non-hydrogen) atoms. The number of benzene rings is 1. The molecule has 0 amide bonds. The summed E-state index contributed by atoms with van der Waals surface area (Å²) in [6, 6.07) is 5.65. The van der Waals surface area contributed by atoms with Gasteiger partial charge in [-0.25, -0.2) is 0 Å². The molecule has 0 fully saturated rings. The van der Waals surface area contributed by atoms with Crippen molar-refractivity contribution in [1.82, 2.24) is 0 Å². The molecular formula is C11H18N2O. The summed E-state index contributed by atoms with van der Waals surface area (Å²) in [5.41, 5.74) is 1.81. The maximum atomic E-state index is 9.68. The van der Waals surface area contributed by atoms with Crippen molar-refractivity contribution in [3.63, 3.8) is 0 Å². The SMILES string of the molecule is CCCNc1ccc(N(C)C)cc1O. The lowest BCUT2D eigenvalue weighted by Crippen LogP contribution is -2.08. The van der Waals surface area contributed by atoms with Crippen molar-refractivity contribution < 1.29 is 5.11 Å². The van der Waals surface area contributed by atoms with Crippen LogP contribution in [0.4, 0.5) is 11.4 Å². The van der Waals surface area contributed by atoms with Gasteiger partial charge in [0.1, 0.15) is 5.75 Å². The molecule has 0 saturated carbocycles. The molecule has 1 aromatic carbocycles. The Hall–Kier alpha value is -1.38. The summed E-state index contributed by atoms with van der Waals surface area (Å²) in [6.45, 7) is 2.98. The van der Waals surface area contributed by atoms with Crippen LogP contribution in [0.3, 0.4) is 0 Å². The number of nitrogens with one attached hydrogen (secondary N) is 1. The van der Waals surface area contributed by atoms with E-state index in [4.69, 9.17) is 0 Å². The van der Waals surface area contributed by atoms with Gasteiger partial charge in [0.15, 0.2) is 0 Å². The van der Waals surface area contributed by atoms with E-state index in [2.05, 4.69) is 12.2 Å². The first-order valence-corrected chi connectivity index (χ1v) is 4.89. The molecule has 0 aliphatic rings. The topological polar surface area (TPSA) is 35.5 Å². The number of phenolic OH excluding ortho intramolecular Hbond substituents is 1. The zero-order valence-corrected chi connectivity index (χ0v) is 9.04. The van der Waals surface area contributed by atoms with Crippen LogP contribution in [-0.4, -0.2) is 25.7 Å². The van der Waals surface area contributed by atoms with Crippen LogP contribution in [0, 0.1) is 0 Å². The van der Waals surface area contributed by atoms with Crippen molar-refractivity contribution in [2.45, 2.75) is 13.3 Å². The van der Waals surface area contributed by atoms with Crippen molar-refractivity contribution in [3.8, 4) is 5.75 Å². The Labute approximate surface area is 85.4 Å². The molecule has 1 aromatic rings. The number of phenols is 1. The van der Waals surface area contributed by atoms with E-state index < -0.39 is 0 Å². The summed E-state index contributed by atoms with van der Waals surface area (Å²) in [5.74, 6) is 0.310. The van der Waals surface area contributed by atoms with Gasteiger partial charge in [-0.15, -0.1) is 0 Å². The average Bonchev–Trinajstić information content (AvgIpc) is 2.15. The van der Waals surface area contributed by atoms with Gasteiger partial charge < -0.3 is 15.3 Å². The Bertz CT molecular complexity index is 297. The number of aromatic hydroxyl groups is 1. The fourth-order valence-corrected chi connectivity index (χ4v) is 1.21. The zero-order valence-electron chi connectivity index (χ0n) is 9.04. The molecule has 3 heteroatoms. The first-order valence-electron chi connectivity index (χ1n) is 4.89. The highest BCUT2D eigenvalue weighted by Crippen LogP contribution is 2.27. The largest absolute Gasteiger partial charge is 0.506 e. The third-order valence-electron chi connectivity index (χ3n) is 2.06. The summed E-state index contributed by atoms with van der Waals surface area (Å²) in [4.78, 5) is 1.96. The summed E-state index contributed by atoms with van der Waals surface area (Å²) in [7, 11) is 3.90. The smallest absolute Gasteiger partial charge is 0.140 e. The molecule has 0 atom stereocenters. The number of hydrogen-bond donors (Lipinski definition) is 2. The first kappa shape index (κ1) is 10.7. The quantitative estimate of drug-likeness (QED) is 0.722. The van der Waals surface area contributed by atoms with Gasteiger partial charge in [0.2, 0.25) is 0 Å². The third-order valence-corrected chi connectivity index (χ3v) is 2.06. The molecule has 0 radical (unpaired) electrons. The van der Waals surface area contributed by atoms with E-state index >= 15 is 0 Å². The van der Waals surface area contributed by atoms with Gasteiger partial charge in [0.25, 0.3) is 0 Å². The fourth-order valence-electron chi connectivity index (χ4n) is 1.21. The van der Waals surface area contributed by atoms with Crippen molar-refractivity contribution in [1.29, 1.82) is 0 Å². The van der Waals surface area contributed by atoms with Gasteiger partial charge in [-0.05, 0) is 18.6 Å². The van der Waals surface area contributed by atoms with Crippen LogP contribution in [0.15, 0.2) is 18.2 Å². The Morgan fingerprint density at radius 3 is 2.57 bits per heavy atom. The number of rotatable bonds is 4. The van der Waals surface area contributed by atoms with Crippen LogP contribution in [0.2, 0.25) is 0 Å². The standard InChI is InChI=1S/C11H18N2O/c1-4-7-12-10-6-5-9(13(2)3)8-11(10)14/h5-6,8,12,14H,4,7H2,1-3H3. The van der Waals surface area contributed by atoms with Crippen LogP contribution < -0.4 is 10.2 Å². The second kappa shape index (κ2) is 4.74. The monoisotopic (exact) mass is 194 g/mol. The Morgan fingerprint density at radius 2 is 2.07 bits per heavy atom. The molecule has 1 rings (SSSR count). The molecular weight excluding hydrogens is 176 g/mol. The molecule has 0 heterocycles. The summed E-state index contributed by atoms with van der Waals surface area (Å²) in [5, 5.41) is 12.8. The molecule has 0 bridgehead atoms. The van der Waals surface area contributed by atoms with Crippen LogP contribution in [0.5, 0.6) is 5.75 Å². The van der Waals surface area contributed by atoms with Gasteiger partial charge in [0, 0.05) is 32.4 Å². The van der Waals surface area contributed by atoms with Crippen molar-refractivity contribution in [2.75, 3.05) is 30.9 Å². The van der Waals surface area contributed by atoms with E-state index in [1.807, 2.05) is 31.1 Å². The van der Waals surface area contributed by atoms with Crippen molar-refractivity contribution in [3.05, 3.63) is 18.2 Å². The molecule has 0 aliphatic carbocycles. The molecule has 0 aliphatic heterocycles. The maximum absolute atomic E-state index is 9.68. The van der Waals surface area contributed by atoms with E-state index in [-0.39, 0.29) is 0 Å². The molecule has 0 spiro atoms. The van der Waals surface area contributed by atoms with Crippen molar-refractivity contribution >= 4 is 11.4 Å². The van der Waals surface area contributed by atoms with Crippen LogP contribution in [-0.2, 0) is 0 Å².